The summed E-state index contributed by atoms with van der Waals surface area (Å²) >= 11 is 0. The van der Waals surface area contributed by atoms with Crippen molar-refractivity contribution in [2.45, 2.75) is 119 Å². The van der Waals surface area contributed by atoms with Crippen LogP contribution in [0, 0.1) is 62.7 Å². The van der Waals surface area contributed by atoms with Gasteiger partial charge in [0.1, 0.15) is 11.6 Å². The van der Waals surface area contributed by atoms with E-state index in [9.17, 15) is 27.6 Å². The molecule has 226 valence electrons. The third-order valence-electron chi connectivity index (χ3n) is 13.6. The van der Waals surface area contributed by atoms with E-state index in [0.717, 1.165) is 19.3 Å². The molecular weight excluding hydrogens is 527 g/mol. The van der Waals surface area contributed by atoms with Gasteiger partial charge >= 0.3 is 6.18 Å². The average Bonchev–Trinajstić information content (AvgIpc) is 2.85. The third-order valence-corrected chi connectivity index (χ3v) is 13.6. The first kappa shape index (κ1) is 30.5. The first-order valence-corrected chi connectivity index (χ1v) is 15.5. The van der Waals surface area contributed by atoms with E-state index >= 15 is 0 Å². The van der Waals surface area contributed by atoms with Crippen molar-refractivity contribution in [2.24, 2.45) is 56.2 Å². The number of allylic oxidation sites excluding steroid dienone is 2. The summed E-state index contributed by atoms with van der Waals surface area (Å²) < 4.78 is 39.6. The number of carbonyl (C=O) groups is 3. The lowest BCUT2D eigenvalue weighted by Gasteiger charge is -2.72. The maximum atomic E-state index is 14.5. The predicted molar refractivity (Wildman–Crippen MR) is 150 cm³/mol. The molecule has 0 N–H and O–H groups in total. The molecule has 4 saturated carbocycles. The smallest absolute Gasteiger partial charge is 0.307 e. The molecule has 5 aliphatic carbocycles. The molecule has 0 aromatic rings. The van der Waals surface area contributed by atoms with Gasteiger partial charge in [0.2, 0.25) is 5.70 Å². The summed E-state index contributed by atoms with van der Waals surface area (Å²) in [5.41, 5.74) is -2.71. The summed E-state index contributed by atoms with van der Waals surface area (Å²) in [5.74, 6) is -0.982. The lowest BCUT2D eigenvalue weighted by atomic mass is 9.31. The van der Waals surface area contributed by atoms with Gasteiger partial charge in [0.15, 0.2) is 5.78 Å². The van der Waals surface area contributed by atoms with Crippen LogP contribution in [0.3, 0.4) is 0 Å². The van der Waals surface area contributed by atoms with Gasteiger partial charge in [-0.05, 0) is 84.4 Å². The van der Waals surface area contributed by atoms with Crippen LogP contribution in [0.1, 0.15) is 113 Å². The Hall–Kier alpha value is -1.97. The number of hydrogen-bond acceptors (Lipinski definition) is 3. The Morgan fingerprint density at radius 2 is 1.59 bits per heavy atom. The molecule has 0 amide bonds. The maximum Gasteiger partial charge on any atom is 0.389 e. The van der Waals surface area contributed by atoms with Gasteiger partial charge in [-0.1, -0.05) is 54.5 Å². The van der Waals surface area contributed by atoms with Crippen molar-refractivity contribution in [3.05, 3.63) is 23.2 Å². The average molecular weight is 574 g/mol. The Balaban J connectivity index is 1.59. The molecule has 0 aromatic heterocycles. The maximum absolute atomic E-state index is 14.5. The summed E-state index contributed by atoms with van der Waals surface area (Å²) in [7, 11) is 0. The highest BCUT2D eigenvalue weighted by Crippen LogP contribution is 2.76. The second-order valence-corrected chi connectivity index (χ2v) is 16.4. The molecule has 0 saturated heterocycles. The van der Waals surface area contributed by atoms with Crippen LogP contribution in [0.15, 0.2) is 11.8 Å². The zero-order chi connectivity index (χ0) is 30.6. The highest BCUT2D eigenvalue weighted by molar-refractivity contribution is 6.02. The molecule has 4 nitrogen and oxygen atoms in total. The zero-order valence-corrected chi connectivity index (χ0v) is 25.8. The minimum Gasteiger partial charge on any atom is -0.307 e. The van der Waals surface area contributed by atoms with Crippen LogP contribution in [-0.4, -0.2) is 23.5 Å². The molecule has 0 aliphatic heterocycles. The molecule has 41 heavy (non-hydrogen) atoms. The fourth-order valence-corrected chi connectivity index (χ4v) is 11.3. The van der Waals surface area contributed by atoms with Gasteiger partial charge in [0, 0.05) is 29.6 Å². The Bertz CT molecular complexity index is 1260. The minimum absolute atomic E-state index is 0.0132. The topological polar surface area (TPSA) is 55.6 Å². The molecule has 0 heterocycles. The van der Waals surface area contributed by atoms with Gasteiger partial charge in [-0.2, -0.15) is 13.2 Å². The minimum atomic E-state index is -4.39. The Labute approximate surface area is 243 Å². The fourth-order valence-electron chi connectivity index (χ4n) is 11.3. The summed E-state index contributed by atoms with van der Waals surface area (Å²) in [4.78, 5) is 45.2. The van der Waals surface area contributed by atoms with Gasteiger partial charge in [0.25, 0.3) is 0 Å². The van der Waals surface area contributed by atoms with E-state index in [0.29, 0.717) is 32.1 Å². The summed E-state index contributed by atoms with van der Waals surface area (Å²) in [6.07, 6.45) is 1.01. The Morgan fingerprint density at radius 3 is 2.20 bits per heavy atom. The van der Waals surface area contributed by atoms with Crippen LogP contribution >= 0.6 is 0 Å². The van der Waals surface area contributed by atoms with Crippen LogP contribution in [0.5, 0.6) is 0 Å². The van der Waals surface area contributed by atoms with Crippen LogP contribution in [0.25, 0.3) is 4.85 Å². The first-order chi connectivity index (χ1) is 18.7. The molecule has 8 atom stereocenters. The summed E-state index contributed by atoms with van der Waals surface area (Å²) in [6.45, 7) is 22.6. The van der Waals surface area contributed by atoms with Gasteiger partial charge in [0.05, 0.1) is 13.0 Å². The number of rotatable bonds is 3. The second kappa shape index (κ2) is 9.02. The molecule has 2 unspecified atom stereocenters. The second-order valence-electron chi connectivity index (χ2n) is 16.4. The van der Waals surface area contributed by atoms with E-state index < -0.39 is 40.7 Å². The number of alkyl halides is 3. The number of carbonyl (C=O) groups excluding carboxylic acids is 3. The molecule has 4 fully saturated rings. The largest absolute Gasteiger partial charge is 0.389 e. The van der Waals surface area contributed by atoms with Crippen molar-refractivity contribution < 1.29 is 27.6 Å². The van der Waals surface area contributed by atoms with E-state index in [1.807, 2.05) is 19.9 Å². The molecule has 0 aromatic carbocycles. The number of halogens is 3. The molecule has 5 aliphatic rings. The van der Waals surface area contributed by atoms with E-state index in [-0.39, 0.29) is 57.5 Å². The quantitative estimate of drug-likeness (QED) is 0.318. The number of fused-ring (bicyclic) bond motifs is 7. The van der Waals surface area contributed by atoms with Crippen molar-refractivity contribution in [2.75, 3.05) is 0 Å². The van der Waals surface area contributed by atoms with Crippen molar-refractivity contribution in [3.63, 3.8) is 0 Å². The Kier molecular flexibility index (Phi) is 6.71. The van der Waals surface area contributed by atoms with Gasteiger partial charge in [-0.15, -0.1) is 0 Å². The molecule has 5 rings (SSSR count). The van der Waals surface area contributed by atoms with E-state index in [2.05, 4.69) is 39.5 Å². The van der Waals surface area contributed by atoms with Crippen LogP contribution in [-0.2, 0) is 14.4 Å². The van der Waals surface area contributed by atoms with Crippen LogP contribution in [0.4, 0.5) is 13.2 Å². The van der Waals surface area contributed by atoms with E-state index in [1.165, 1.54) is 0 Å². The van der Waals surface area contributed by atoms with Crippen LogP contribution in [0.2, 0.25) is 0 Å². The highest BCUT2D eigenvalue weighted by atomic mass is 19.4. The highest BCUT2D eigenvalue weighted by Gasteiger charge is 2.72. The van der Waals surface area contributed by atoms with Crippen molar-refractivity contribution >= 4 is 17.3 Å². The van der Waals surface area contributed by atoms with Crippen molar-refractivity contribution in [3.8, 4) is 0 Å². The molecular formula is C34H46F3NO3. The standard InChI is InChI=1S/C34H46F3NO3/c1-28(2)13-15-33(25(40)10-12-34(35,36)37)16-14-32(7)26(20(33)18-28)22(39)17-24-30(5)19-21(38-8)27(41)29(3,4)23(30)9-11-31(24,32)6/h19-20,23-24,26H,9-18H2,1-7H3/t20?,23-,24+,26?,30-,31+,32+,33-/m0/s1. The van der Waals surface area contributed by atoms with E-state index in [4.69, 9.17) is 6.57 Å². The lowest BCUT2D eigenvalue weighted by molar-refractivity contribution is -0.222. The lowest BCUT2D eigenvalue weighted by Crippen LogP contribution is -2.69. The van der Waals surface area contributed by atoms with Gasteiger partial charge in [-0.3, -0.25) is 9.59 Å². The SMILES string of the molecule is [C-]#[N+]C1=C[C@]2(C)[C@H]3CC(=O)C4C5CC(C)(C)CC[C@]5(C(=O)CCC(F)(F)F)CC[C@@]4(C)[C@]3(C)CC[C@H]2C(C)(C)C1=O. The number of ketones is 3. The monoisotopic (exact) mass is 573 g/mol. The third kappa shape index (κ3) is 4.15. The zero-order valence-electron chi connectivity index (χ0n) is 25.8. The van der Waals surface area contributed by atoms with Gasteiger partial charge < -0.3 is 4.79 Å². The van der Waals surface area contributed by atoms with E-state index in [1.54, 1.807) is 0 Å². The Morgan fingerprint density at radius 1 is 0.951 bits per heavy atom. The molecule has 7 heteroatoms. The van der Waals surface area contributed by atoms with Crippen LogP contribution < -0.4 is 0 Å². The van der Waals surface area contributed by atoms with Crippen molar-refractivity contribution in [1.82, 2.24) is 0 Å². The number of hydrogen-bond donors (Lipinski definition) is 0. The molecule has 0 spiro atoms. The van der Waals surface area contributed by atoms with Gasteiger partial charge in [-0.25, -0.2) is 4.85 Å². The van der Waals surface area contributed by atoms with Crippen molar-refractivity contribution in [1.29, 1.82) is 0 Å². The number of nitrogens with zero attached hydrogens (tertiary/aromatic N) is 1. The predicted octanol–water partition coefficient (Wildman–Crippen LogP) is 8.55. The molecule has 0 radical (unpaired) electrons. The fraction of sp³-hybridized carbons (Fsp3) is 0.824. The number of Topliss-reactive ketones (excluding diaryl/α,β-unsaturated/α-hetero) is 3. The normalized spacial score (nSPS) is 44.9. The first-order valence-electron chi connectivity index (χ1n) is 15.5. The molecule has 0 bridgehead atoms. The summed E-state index contributed by atoms with van der Waals surface area (Å²) in [5, 5.41) is 0. The summed E-state index contributed by atoms with van der Waals surface area (Å²) in [6, 6.07) is 0.